The maximum absolute atomic E-state index is 12.0. The fourth-order valence-corrected chi connectivity index (χ4v) is 2.62. The van der Waals surface area contributed by atoms with Gasteiger partial charge in [0.1, 0.15) is 5.60 Å². The second kappa shape index (κ2) is 7.55. The van der Waals surface area contributed by atoms with Gasteiger partial charge in [0.15, 0.2) is 5.96 Å². The number of hydrogen-bond acceptors (Lipinski definition) is 3. The van der Waals surface area contributed by atoms with Gasteiger partial charge >= 0.3 is 6.09 Å². The summed E-state index contributed by atoms with van der Waals surface area (Å²) in [7, 11) is 3.52. The zero-order valence-corrected chi connectivity index (χ0v) is 15.3. The van der Waals surface area contributed by atoms with E-state index in [1.807, 2.05) is 26.8 Å². The summed E-state index contributed by atoms with van der Waals surface area (Å²) in [4.78, 5) is 20.1. The third-order valence-corrected chi connectivity index (χ3v) is 3.79. The Labute approximate surface area is 144 Å². The van der Waals surface area contributed by atoms with Crippen LogP contribution in [0.3, 0.4) is 0 Å². The molecule has 1 heterocycles. The van der Waals surface area contributed by atoms with E-state index in [2.05, 4.69) is 33.4 Å². The molecule has 24 heavy (non-hydrogen) atoms. The molecule has 1 aliphatic rings. The minimum atomic E-state index is -0.478. The molecule has 0 saturated heterocycles. The number of nitrogens with zero attached hydrogens (tertiary/aromatic N) is 3. The van der Waals surface area contributed by atoms with Crippen LogP contribution in [0.4, 0.5) is 10.5 Å². The number of amides is 1. The summed E-state index contributed by atoms with van der Waals surface area (Å²) in [5.41, 5.74) is 2.06. The normalized spacial score (nSPS) is 14.4. The van der Waals surface area contributed by atoms with Crippen LogP contribution in [-0.4, -0.2) is 56.3 Å². The monoisotopic (exact) mass is 332 g/mol. The Bertz CT molecular complexity index is 607. The van der Waals surface area contributed by atoms with Crippen LogP contribution in [-0.2, 0) is 11.2 Å². The number of benzene rings is 1. The van der Waals surface area contributed by atoms with E-state index in [1.54, 1.807) is 19.0 Å². The highest BCUT2D eigenvalue weighted by molar-refractivity contribution is 5.97. The number of hydrogen-bond donors (Lipinski definition) is 1. The van der Waals surface area contributed by atoms with Crippen molar-refractivity contribution >= 4 is 17.7 Å². The molecule has 6 heteroatoms. The van der Waals surface area contributed by atoms with E-state index in [1.165, 1.54) is 11.3 Å². The summed E-state index contributed by atoms with van der Waals surface area (Å²) in [5.74, 6) is 0.831. The van der Waals surface area contributed by atoms with Gasteiger partial charge in [-0.15, -0.1) is 0 Å². The fraction of sp³-hybridized carbons (Fsp3) is 0.556. The summed E-state index contributed by atoms with van der Waals surface area (Å²) < 4.78 is 5.35. The first-order valence-electron chi connectivity index (χ1n) is 8.32. The molecule has 1 aliphatic heterocycles. The van der Waals surface area contributed by atoms with Gasteiger partial charge in [0, 0.05) is 39.4 Å². The van der Waals surface area contributed by atoms with Crippen LogP contribution < -0.4 is 10.2 Å². The predicted molar refractivity (Wildman–Crippen MR) is 97.7 cm³/mol. The lowest BCUT2D eigenvalue weighted by molar-refractivity contribution is 0.0302. The number of nitrogens with one attached hydrogen (secondary N) is 1. The highest BCUT2D eigenvalue weighted by Gasteiger charge is 2.23. The van der Waals surface area contributed by atoms with Crippen molar-refractivity contribution in [2.75, 3.05) is 38.6 Å². The Hall–Kier alpha value is -2.24. The summed E-state index contributed by atoms with van der Waals surface area (Å²) >= 11 is 0. The molecule has 0 fully saturated rings. The highest BCUT2D eigenvalue weighted by Crippen LogP contribution is 2.27. The van der Waals surface area contributed by atoms with Crippen LogP contribution in [0.1, 0.15) is 26.3 Å². The van der Waals surface area contributed by atoms with Crippen LogP contribution in [0.15, 0.2) is 29.3 Å². The molecular formula is C18H28N4O2. The van der Waals surface area contributed by atoms with Crippen LogP contribution in [0.5, 0.6) is 0 Å². The van der Waals surface area contributed by atoms with E-state index in [0.29, 0.717) is 13.1 Å². The maximum Gasteiger partial charge on any atom is 0.410 e. The zero-order valence-electron chi connectivity index (χ0n) is 15.3. The van der Waals surface area contributed by atoms with Crippen molar-refractivity contribution in [1.29, 1.82) is 0 Å². The third-order valence-electron chi connectivity index (χ3n) is 3.79. The van der Waals surface area contributed by atoms with E-state index >= 15 is 0 Å². The summed E-state index contributed by atoms with van der Waals surface area (Å²) in [6, 6.07) is 8.37. The van der Waals surface area contributed by atoms with Gasteiger partial charge in [0.25, 0.3) is 0 Å². The molecule has 2 rings (SSSR count). The quantitative estimate of drug-likeness (QED) is 0.682. The van der Waals surface area contributed by atoms with E-state index in [9.17, 15) is 4.79 Å². The van der Waals surface area contributed by atoms with Gasteiger partial charge in [0.05, 0.1) is 0 Å². The topological polar surface area (TPSA) is 57.2 Å². The SMILES string of the molecule is CN=C(NCCN(C)C(=O)OC(C)(C)C)N1CCc2ccccc21. The van der Waals surface area contributed by atoms with Gasteiger partial charge < -0.3 is 19.9 Å². The molecule has 6 nitrogen and oxygen atoms in total. The molecule has 0 radical (unpaired) electrons. The van der Waals surface area contributed by atoms with Crippen molar-refractivity contribution in [3.8, 4) is 0 Å². The number of carbonyl (C=O) groups excluding carboxylic acids is 1. The summed E-state index contributed by atoms with van der Waals surface area (Å²) in [6.45, 7) is 7.67. The Morgan fingerprint density at radius 1 is 1.38 bits per heavy atom. The van der Waals surface area contributed by atoms with E-state index in [0.717, 1.165) is 18.9 Å². The van der Waals surface area contributed by atoms with Crippen molar-refractivity contribution in [3.05, 3.63) is 29.8 Å². The first-order valence-corrected chi connectivity index (χ1v) is 8.32. The predicted octanol–water partition coefficient (Wildman–Crippen LogP) is 2.49. The number of aliphatic imine (C=N–C) groups is 1. The zero-order chi connectivity index (χ0) is 17.7. The number of anilines is 1. The number of rotatable bonds is 3. The maximum atomic E-state index is 12.0. The van der Waals surface area contributed by atoms with Crippen molar-refractivity contribution in [1.82, 2.24) is 10.2 Å². The number of guanidine groups is 1. The molecular weight excluding hydrogens is 304 g/mol. The Balaban J connectivity index is 1.86. The lowest BCUT2D eigenvalue weighted by atomic mass is 10.2. The van der Waals surface area contributed by atoms with Crippen molar-refractivity contribution in [3.63, 3.8) is 0 Å². The van der Waals surface area contributed by atoms with Gasteiger partial charge in [-0.3, -0.25) is 4.99 Å². The largest absolute Gasteiger partial charge is 0.444 e. The second-order valence-corrected chi connectivity index (χ2v) is 6.91. The molecule has 1 aromatic rings. The number of likely N-dealkylation sites (N-methyl/N-ethyl adjacent to an activating group) is 1. The standard InChI is InChI=1S/C18H28N4O2/c1-18(2,3)24-17(23)21(5)13-11-20-16(19-4)22-12-10-14-8-6-7-9-15(14)22/h6-9H,10-13H2,1-5H3,(H,19,20). The molecule has 0 bridgehead atoms. The Morgan fingerprint density at radius 3 is 2.75 bits per heavy atom. The molecule has 1 amide bonds. The Morgan fingerprint density at radius 2 is 2.08 bits per heavy atom. The molecule has 1 aromatic carbocycles. The van der Waals surface area contributed by atoms with Crippen molar-refractivity contribution < 1.29 is 9.53 Å². The number of para-hydroxylation sites is 1. The summed E-state index contributed by atoms with van der Waals surface area (Å²) in [6.07, 6.45) is 0.708. The van der Waals surface area contributed by atoms with Crippen molar-refractivity contribution in [2.24, 2.45) is 4.99 Å². The van der Waals surface area contributed by atoms with Gasteiger partial charge in [-0.25, -0.2) is 4.79 Å². The van der Waals surface area contributed by atoms with Crippen molar-refractivity contribution in [2.45, 2.75) is 32.8 Å². The Kier molecular flexibility index (Phi) is 5.70. The van der Waals surface area contributed by atoms with Crippen LogP contribution in [0.25, 0.3) is 0 Å². The minimum absolute atomic E-state index is 0.314. The molecule has 0 spiro atoms. The third kappa shape index (κ3) is 4.63. The van der Waals surface area contributed by atoms with Gasteiger partial charge in [-0.2, -0.15) is 0 Å². The minimum Gasteiger partial charge on any atom is -0.444 e. The molecule has 0 unspecified atom stereocenters. The van der Waals surface area contributed by atoms with Gasteiger partial charge in [-0.05, 0) is 38.8 Å². The smallest absolute Gasteiger partial charge is 0.410 e. The highest BCUT2D eigenvalue weighted by atomic mass is 16.6. The first-order chi connectivity index (χ1) is 11.3. The molecule has 1 N–H and O–H groups in total. The fourth-order valence-electron chi connectivity index (χ4n) is 2.62. The van der Waals surface area contributed by atoms with Gasteiger partial charge in [0.2, 0.25) is 0 Å². The molecule has 0 atom stereocenters. The molecule has 0 saturated carbocycles. The number of ether oxygens (including phenoxy) is 1. The van der Waals surface area contributed by atoms with E-state index in [-0.39, 0.29) is 6.09 Å². The van der Waals surface area contributed by atoms with Gasteiger partial charge in [-0.1, -0.05) is 18.2 Å². The number of fused-ring (bicyclic) bond motifs is 1. The lowest BCUT2D eigenvalue weighted by Gasteiger charge is -2.26. The van der Waals surface area contributed by atoms with Crippen LogP contribution in [0, 0.1) is 0 Å². The summed E-state index contributed by atoms with van der Waals surface area (Å²) in [5, 5.41) is 3.33. The lowest BCUT2D eigenvalue weighted by Crippen LogP contribution is -2.44. The first kappa shape index (κ1) is 18.1. The van der Waals surface area contributed by atoms with E-state index in [4.69, 9.17) is 4.74 Å². The molecule has 132 valence electrons. The van der Waals surface area contributed by atoms with E-state index < -0.39 is 5.60 Å². The number of carbonyl (C=O) groups is 1. The molecule has 0 aromatic heterocycles. The average molecular weight is 332 g/mol. The average Bonchev–Trinajstić information content (AvgIpc) is 2.93. The molecule has 0 aliphatic carbocycles. The van der Waals surface area contributed by atoms with Crippen LogP contribution in [0.2, 0.25) is 0 Å². The van der Waals surface area contributed by atoms with Crippen LogP contribution >= 0.6 is 0 Å². The second-order valence-electron chi connectivity index (χ2n) is 6.91.